The van der Waals surface area contributed by atoms with Crippen LogP contribution in [0.2, 0.25) is 0 Å². The maximum Gasteiger partial charge on any atom is 0.304 e. The molecule has 29 heavy (non-hydrogen) atoms. The highest BCUT2D eigenvalue weighted by atomic mass is 32.2. The molecule has 10 nitrogen and oxygen atoms in total. The number of nitrogens with two attached hydrogens (primary N) is 1. The molecule has 0 saturated carbocycles. The fourth-order valence-electron chi connectivity index (χ4n) is 2.62. The van der Waals surface area contributed by atoms with E-state index in [0.717, 1.165) is 23.6 Å². The second kappa shape index (κ2) is 10.9. The van der Waals surface area contributed by atoms with Crippen LogP contribution in [-0.2, 0) is 39.8 Å². The predicted octanol–water partition coefficient (Wildman–Crippen LogP) is 0.0983. The summed E-state index contributed by atoms with van der Waals surface area (Å²) in [5.41, 5.74) is 8.34. The van der Waals surface area contributed by atoms with Crippen molar-refractivity contribution in [2.24, 2.45) is 5.73 Å². The zero-order valence-electron chi connectivity index (χ0n) is 16.7. The summed E-state index contributed by atoms with van der Waals surface area (Å²) in [5, 5.41) is 8.89. The van der Waals surface area contributed by atoms with E-state index in [9.17, 15) is 21.6 Å². The van der Waals surface area contributed by atoms with Crippen LogP contribution in [0.1, 0.15) is 17.5 Å². The van der Waals surface area contributed by atoms with Crippen molar-refractivity contribution < 1.29 is 35.1 Å². The normalized spacial score (nSPS) is 13.2. The molecule has 0 aliphatic rings. The van der Waals surface area contributed by atoms with Crippen molar-refractivity contribution in [2.75, 3.05) is 43.7 Å². The third-order valence-electron chi connectivity index (χ3n) is 3.93. The number of carboxylic acid groups (broad SMARTS) is 1. The lowest BCUT2D eigenvalue weighted by atomic mass is 9.99. The van der Waals surface area contributed by atoms with E-state index in [0.29, 0.717) is 12.1 Å². The summed E-state index contributed by atoms with van der Waals surface area (Å²) < 4.78 is 54.3. The maximum atomic E-state index is 11.2. The molecule has 0 bridgehead atoms. The van der Waals surface area contributed by atoms with Crippen LogP contribution in [0.25, 0.3) is 0 Å². The Labute approximate surface area is 171 Å². The van der Waals surface area contributed by atoms with Crippen LogP contribution in [0.5, 0.6) is 0 Å². The lowest BCUT2D eigenvalue weighted by Gasteiger charge is -2.25. The molecular weight excluding hydrogens is 424 g/mol. The number of nitrogens with zero attached hydrogens (tertiary/aromatic N) is 1. The number of rotatable bonds is 13. The number of anilines is 1. The lowest BCUT2D eigenvalue weighted by molar-refractivity contribution is -0.137. The van der Waals surface area contributed by atoms with Crippen LogP contribution < -0.4 is 10.6 Å². The molecule has 166 valence electrons. The van der Waals surface area contributed by atoms with Crippen molar-refractivity contribution >= 4 is 31.9 Å². The van der Waals surface area contributed by atoms with Crippen molar-refractivity contribution in [3.63, 3.8) is 0 Å². The first kappa shape index (κ1) is 25.3. The summed E-state index contributed by atoms with van der Waals surface area (Å²) in [4.78, 5) is 12.6. The summed E-state index contributed by atoms with van der Waals surface area (Å²) in [6, 6.07) is 4.89. The van der Waals surface area contributed by atoms with Gasteiger partial charge in [-0.1, -0.05) is 6.07 Å². The molecule has 0 fully saturated rings. The molecule has 1 aromatic rings. The molecule has 1 atom stereocenters. The van der Waals surface area contributed by atoms with Crippen LogP contribution >= 0.6 is 0 Å². The zero-order valence-corrected chi connectivity index (χ0v) is 18.3. The minimum Gasteiger partial charge on any atom is -0.481 e. The van der Waals surface area contributed by atoms with Gasteiger partial charge in [0.2, 0.25) is 0 Å². The molecule has 0 unspecified atom stereocenters. The minimum absolute atomic E-state index is 0.126. The Morgan fingerprint density at radius 2 is 1.62 bits per heavy atom. The van der Waals surface area contributed by atoms with E-state index >= 15 is 0 Å². The second-order valence-corrected chi connectivity index (χ2v) is 10.0. The number of hydrogen-bond acceptors (Lipinski definition) is 9. The van der Waals surface area contributed by atoms with Gasteiger partial charge in [0.05, 0.1) is 32.1 Å². The van der Waals surface area contributed by atoms with E-state index in [-0.39, 0.29) is 32.7 Å². The standard InChI is InChI=1S/C17H28N2O8S2/c1-13-4-5-16(11-14(13)10-15(18)12-17(20)21)19(6-8-26-28(2,22)23)7-9-27-29(3,24)25/h4-5,11,15H,6-10,12,18H2,1-3H3,(H,20,21)/t15-/m1/s1. The first-order valence-corrected chi connectivity index (χ1v) is 12.4. The molecular formula is C17H28N2O8S2. The molecule has 0 aliphatic carbocycles. The van der Waals surface area contributed by atoms with Gasteiger partial charge in [0.1, 0.15) is 0 Å². The van der Waals surface area contributed by atoms with Gasteiger partial charge >= 0.3 is 5.97 Å². The third-order valence-corrected chi connectivity index (χ3v) is 5.12. The van der Waals surface area contributed by atoms with Crippen LogP contribution in [0.15, 0.2) is 18.2 Å². The lowest BCUT2D eigenvalue weighted by Crippen LogP contribution is -2.32. The van der Waals surface area contributed by atoms with Crippen molar-refractivity contribution in [1.82, 2.24) is 0 Å². The number of carbonyl (C=O) groups is 1. The van der Waals surface area contributed by atoms with Crippen molar-refractivity contribution in [2.45, 2.75) is 25.8 Å². The molecule has 0 aliphatic heterocycles. The van der Waals surface area contributed by atoms with Crippen LogP contribution in [-0.4, -0.2) is 72.8 Å². The Balaban J connectivity index is 2.99. The summed E-state index contributed by atoms with van der Waals surface area (Å²) in [6.45, 7) is 1.96. The number of benzene rings is 1. The zero-order chi connectivity index (χ0) is 22.2. The monoisotopic (exact) mass is 452 g/mol. The molecule has 1 aromatic carbocycles. The highest BCUT2D eigenvalue weighted by molar-refractivity contribution is 7.86. The molecule has 12 heteroatoms. The highest BCUT2D eigenvalue weighted by Gasteiger charge is 2.15. The second-order valence-electron chi connectivity index (χ2n) is 6.71. The van der Waals surface area contributed by atoms with Crippen molar-refractivity contribution in [3.05, 3.63) is 29.3 Å². The Kier molecular flexibility index (Phi) is 9.49. The first-order valence-electron chi connectivity index (χ1n) is 8.77. The van der Waals surface area contributed by atoms with Gasteiger partial charge in [-0.05, 0) is 36.6 Å². The van der Waals surface area contributed by atoms with Gasteiger partial charge < -0.3 is 15.7 Å². The Morgan fingerprint density at radius 1 is 1.10 bits per heavy atom. The van der Waals surface area contributed by atoms with Crippen molar-refractivity contribution in [1.29, 1.82) is 0 Å². The van der Waals surface area contributed by atoms with Gasteiger partial charge in [-0.2, -0.15) is 16.8 Å². The number of hydrogen-bond donors (Lipinski definition) is 2. The molecule has 0 spiro atoms. The molecule has 0 aromatic heterocycles. The van der Waals surface area contributed by atoms with E-state index in [2.05, 4.69) is 0 Å². The smallest absolute Gasteiger partial charge is 0.304 e. The quantitative estimate of drug-likeness (QED) is 0.394. The van der Waals surface area contributed by atoms with E-state index in [4.69, 9.17) is 19.2 Å². The van der Waals surface area contributed by atoms with Gasteiger partial charge in [-0.25, -0.2) is 0 Å². The van der Waals surface area contributed by atoms with Crippen LogP contribution in [0, 0.1) is 6.92 Å². The summed E-state index contributed by atoms with van der Waals surface area (Å²) in [7, 11) is -7.23. The van der Waals surface area contributed by atoms with Crippen LogP contribution in [0.3, 0.4) is 0 Å². The summed E-state index contributed by atoms with van der Waals surface area (Å²) in [5.74, 6) is -0.983. The van der Waals surface area contributed by atoms with Gasteiger partial charge in [-0.3, -0.25) is 13.2 Å². The predicted molar refractivity (Wildman–Crippen MR) is 109 cm³/mol. The SMILES string of the molecule is Cc1ccc(N(CCOS(C)(=O)=O)CCOS(C)(=O)=O)cc1C[C@@H](N)CC(=O)O. The van der Waals surface area contributed by atoms with Crippen LogP contribution in [0.4, 0.5) is 5.69 Å². The average Bonchev–Trinajstić information content (AvgIpc) is 2.52. The Morgan fingerprint density at radius 3 is 2.07 bits per heavy atom. The molecule has 1 rings (SSSR count). The molecule has 0 radical (unpaired) electrons. The van der Waals surface area contributed by atoms with Gasteiger partial charge in [0.25, 0.3) is 20.2 Å². The number of carboxylic acids is 1. The molecule has 3 N–H and O–H groups in total. The molecule has 0 saturated heterocycles. The maximum absolute atomic E-state index is 11.2. The Hall–Kier alpha value is -1.73. The largest absolute Gasteiger partial charge is 0.481 e. The number of aryl methyl sites for hydroxylation is 1. The molecule has 0 amide bonds. The molecule has 0 heterocycles. The fourth-order valence-corrected chi connectivity index (χ4v) is 3.38. The number of aliphatic carboxylic acids is 1. The Bertz CT molecular complexity index is 862. The third kappa shape index (κ3) is 11.1. The average molecular weight is 453 g/mol. The van der Waals surface area contributed by atoms with E-state index in [1.807, 2.05) is 19.1 Å². The summed E-state index contributed by atoms with van der Waals surface area (Å²) in [6.07, 6.45) is 2.06. The van der Waals surface area contributed by atoms with E-state index in [1.54, 1.807) is 11.0 Å². The van der Waals surface area contributed by atoms with Crippen molar-refractivity contribution in [3.8, 4) is 0 Å². The summed E-state index contributed by atoms with van der Waals surface area (Å²) >= 11 is 0. The van der Waals surface area contributed by atoms with E-state index < -0.39 is 32.2 Å². The topological polar surface area (TPSA) is 153 Å². The highest BCUT2D eigenvalue weighted by Crippen LogP contribution is 2.21. The minimum atomic E-state index is -3.61. The van der Waals surface area contributed by atoms with Gasteiger partial charge in [0.15, 0.2) is 0 Å². The fraction of sp³-hybridized carbons (Fsp3) is 0.588. The van der Waals surface area contributed by atoms with Gasteiger partial charge in [0, 0.05) is 24.8 Å². The van der Waals surface area contributed by atoms with E-state index in [1.165, 1.54) is 0 Å². The first-order chi connectivity index (χ1) is 13.3. The van der Waals surface area contributed by atoms with Gasteiger partial charge in [-0.15, -0.1) is 0 Å².